The van der Waals surface area contributed by atoms with Crippen LogP contribution in [0.1, 0.15) is 91.6 Å². The standard InChI is InChI=1S/C63H56N2.2CH4.2H2/c1-8-15-53-46(7)62(64(49-30-22-41(2)23-31-49)50-32-24-42(3)25-33-50)57-19-12-9-16-54(57)60(53)47-38-45(6)39-48(40-47)61-55-17-10-13-20-58(55)63(59-21-14-11-18-56(59)61)65(51-34-26-43(4)27-35-51)52-36-28-44(5)29-37-52;;;;/h8,10-15,17-40,58,63H,1,7,9,16H2,2-6H3;2*1H4;2*1H/b53-15+;;;;/i;2*1D;2*1+1D. The van der Waals surface area contributed by atoms with Gasteiger partial charge in [-0.15, -0.1) is 0 Å². The van der Waals surface area contributed by atoms with E-state index in [9.17, 15) is 0 Å². The first-order valence-electron chi connectivity index (χ1n) is 27.0. The Morgan fingerprint density at radius 3 is 1.79 bits per heavy atom. The van der Waals surface area contributed by atoms with Crippen molar-refractivity contribution in [2.24, 2.45) is 5.92 Å². The summed E-state index contributed by atoms with van der Waals surface area (Å²) in [4.78, 5) is 4.97. The van der Waals surface area contributed by atoms with Crippen molar-refractivity contribution in [3.8, 4) is 11.1 Å². The molecule has 7 aromatic rings. The topological polar surface area (TPSA) is 6.48 Å². The van der Waals surface area contributed by atoms with Crippen LogP contribution in [-0.4, -0.2) is 0 Å². The molecule has 7 aromatic carbocycles. The minimum absolute atomic E-state index is 0.0275. The number of fused-ring (bicyclic) bond motifs is 3. The first-order valence-corrected chi connectivity index (χ1v) is 23.0. The Morgan fingerprint density at radius 2 is 1.21 bits per heavy atom. The summed E-state index contributed by atoms with van der Waals surface area (Å²) in [6.07, 6.45) is 19.9. The van der Waals surface area contributed by atoms with Crippen LogP contribution in [0.5, 0.6) is 0 Å². The highest BCUT2D eigenvalue weighted by atomic mass is 15.2. The van der Waals surface area contributed by atoms with E-state index in [0.717, 1.165) is 40.3 Å². The molecule has 0 fully saturated rings. The zero-order valence-corrected chi connectivity index (χ0v) is 40.3. The molecule has 2 atom stereocenters. The summed E-state index contributed by atoms with van der Waals surface area (Å²) in [7, 11) is 2.50. The third-order valence-electron chi connectivity index (χ3n) is 13.5. The van der Waals surface area contributed by atoms with Crippen molar-refractivity contribution in [1.82, 2.24) is 0 Å². The molecule has 3 aliphatic carbocycles. The van der Waals surface area contributed by atoms with Crippen LogP contribution in [0.3, 0.4) is 0 Å². The third kappa shape index (κ3) is 8.49. The molecule has 0 aromatic heterocycles. The minimum atomic E-state index is 0.0275. The molecule has 2 unspecified atom stereocenters. The monoisotopic (exact) mass is 883 g/mol. The Hall–Kier alpha value is -7.42. The number of hydrogen-bond donors (Lipinski definition) is 0. The Morgan fingerprint density at radius 1 is 0.657 bits per heavy atom. The van der Waals surface area contributed by atoms with E-state index >= 15 is 0 Å². The Kier molecular flexibility index (Phi) is 11.8. The lowest BCUT2D eigenvalue weighted by molar-refractivity contribution is 0.573. The highest BCUT2D eigenvalue weighted by Gasteiger charge is 2.39. The lowest BCUT2D eigenvalue weighted by Gasteiger charge is -2.44. The van der Waals surface area contributed by atoms with Gasteiger partial charge in [0.25, 0.3) is 0 Å². The molecule has 0 spiro atoms. The summed E-state index contributed by atoms with van der Waals surface area (Å²) in [6, 6.07) is 52.2. The molecule has 67 heavy (non-hydrogen) atoms. The van der Waals surface area contributed by atoms with Crippen molar-refractivity contribution in [3.63, 3.8) is 0 Å². The Labute approximate surface area is 409 Å². The molecule has 338 valence electrons. The van der Waals surface area contributed by atoms with Gasteiger partial charge in [-0.25, -0.2) is 0 Å². The molecule has 0 bridgehead atoms. The van der Waals surface area contributed by atoms with E-state index in [0.29, 0.717) is 0 Å². The zero-order valence-electron chi connectivity index (χ0n) is 46.3. The first-order chi connectivity index (χ1) is 35.7. The highest BCUT2D eigenvalue weighted by Crippen LogP contribution is 2.52. The van der Waals surface area contributed by atoms with Gasteiger partial charge in [0.15, 0.2) is 0 Å². The molecule has 0 saturated heterocycles. The van der Waals surface area contributed by atoms with Gasteiger partial charge in [-0.05, 0) is 163 Å². The van der Waals surface area contributed by atoms with Crippen LogP contribution in [0, 0.1) is 40.5 Å². The predicted octanol–water partition coefficient (Wildman–Crippen LogP) is 16.9. The van der Waals surface area contributed by atoms with Gasteiger partial charge in [0.05, 0.1) is 11.7 Å². The van der Waals surface area contributed by atoms with E-state index in [1.54, 1.807) is 0 Å². The number of allylic oxidation sites excluding steroid dienone is 5. The molecular weight excluding hydrogens is 809 g/mol. The molecule has 0 radical (unpaired) electrons. The molecule has 2 nitrogen and oxygen atoms in total. The lowest BCUT2D eigenvalue weighted by atomic mass is 9.70. The summed E-state index contributed by atoms with van der Waals surface area (Å²) < 4.78 is 31.5. The van der Waals surface area contributed by atoms with Gasteiger partial charge in [-0.1, -0.05) is 184 Å². The molecule has 10 rings (SSSR count). The summed E-state index contributed by atoms with van der Waals surface area (Å²) in [6.45, 7) is 20.1. The fraction of sp³-hybridized carbons (Fsp3) is 0.169. The number of rotatable bonds is 9. The number of nitrogens with zero attached hydrogens (tertiary/aromatic N) is 2. The Bertz CT molecular complexity index is 3150. The number of hydrogen-bond acceptors (Lipinski definition) is 2. The zero-order chi connectivity index (χ0) is 52.8. The van der Waals surface area contributed by atoms with Crippen LogP contribution in [-0.2, 0) is 6.42 Å². The number of aryl methyl sites for hydroxylation is 5. The van der Waals surface area contributed by atoms with Crippen LogP contribution >= 0.6 is 0 Å². The van der Waals surface area contributed by atoms with Gasteiger partial charge >= 0.3 is 0 Å². The molecule has 0 saturated carbocycles. The first kappa shape index (κ1) is 41.0. The lowest BCUT2D eigenvalue weighted by Crippen LogP contribution is -2.34. The molecule has 0 aliphatic heterocycles. The average Bonchev–Trinajstić information content (AvgIpc) is 3.43. The van der Waals surface area contributed by atoms with Crippen molar-refractivity contribution in [2.45, 2.75) is 68.3 Å². The van der Waals surface area contributed by atoms with E-state index in [1.165, 1.54) is 104 Å². The van der Waals surface area contributed by atoms with Crippen LogP contribution in [0.4, 0.5) is 28.4 Å². The quantitative estimate of drug-likeness (QED) is 0.143. The van der Waals surface area contributed by atoms with Gasteiger partial charge < -0.3 is 9.80 Å². The summed E-state index contributed by atoms with van der Waals surface area (Å²) >= 11 is 0. The van der Waals surface area contributed by atoms with E-state index in [1.807, 2.05) is 6.08 Å². The second kappa shape index (κ2) is 19.2. The van der Waals surface area contributed by atoms with Gasteiger partial charge in [-0.3, -0.25) is 0 Å². The molecule has 0 heterocycles. The molecule has 0 N–H and O–H groups in total. The SMILES string of the molecule is C=C/C=c1/c(-c2cc(C)cc(C3=C4C=CC=CC4C(N(c4ccc(C)cc4)c4ccc(C)cc4)c4ccccc43)c2)c2c(c(N(c3ccc(C)cc3)c3ccc(C)cc3)c1=C)C=CCC2.[2H]C.[2H]C.[2H][2H].[2H][2H]. The van der Waals surface area contributed by atoms with E-state index in [-0.39, 0.29) is 12.0 Å². The number of benzene rings is 7. The normalized spacial score (nSPS) is 16.2. The van der Waals surface area contributed by atoms with Crippen molar-refractivity contribution in [2.75, 3.05) is 9.80 Å². The molecule has 2 heteroatoms. The smallest absolute Gasteiger partial charge is 0.0701 e. The maximum absolute atomic E-state index is 5.75. The van der Waals surface area contributed by atoms with Crippen LogP contribution in [0.25, 0.3) is 35.4 Å². The van der Waals surface area contributed by atoms with Crippen molar-refractivity contribution >= 4 is 52.7 Å². The van der Waals surface area contributed by atoms with Gasteiger partial charge in [0.2, 0.25) is 0 Å². The Balaban J connectivity index is 0.00000104. The molecule has 3 aliphatic rings. The van der Waals surface area contributed by atoms with Gasteiger partial charge in [0, 0.05) is 42.9 Å². The van der Waals surface area contributed by atoms with E-state index in [2.05, 4.69) is 233 Å². The highest BCUT2D eigenvalue weighted by molar-refractivity contribution is 5.93. The van der Waals surface area contributed by atoms with Gasteiger partial charge in [0.1, 0.15) is 0 Å². The van der Waals surface area contributed by atoms with Gasteiger partial charge in [-0.2, -0.15) is 0 Å². The summed E-state index contributed by atoms with van der Waals surface area (Å²) in [5, 5.41) is 2.09. The molecule has 0 amide bonds. The van der Waals surface area contributed by atoms with Crippen LogP contribution in [0.15, 0.2) is 188 Å². The fourth-order valence-corrected chi connectivity index (χ4v) is 10.4. The number of anilines is 5. The maximum atomic E-state index is 5.75. The predicted molar refractivity (Wildman–Crippen MR) is 297 cm³/mol. The third-order valence-corrected chi connectivity index (χ3v) is 13.5. The average molecular weight is 883 g/mol. The van der Waals surface area contributed by atoms with Crippen molar-refractivity contribution in [1.29, 1.82) is 0 Å². The van der Waals surface area contributed by atoms with E-state index in [4.69, 9.17) is 15.3 Å². The second-order valence-corrected chi connectivity index (χ2v) is 18.1. The maximum Gasteiger partial charge on any atom is 0.0701 e. The summed E-state index contributed by atoms with van der Waals surface area (Å²) in [5.41, 5.74) is 23.3. The van der Waals surface area contributed by atoms with Crippen molar-refractivity contribution < 1.29 is 8.68 Å². The second-order valence-electron chi connectivity index (χ2n) is 18.1. The minimum Gasteiger partial charge on any atom is -0.333 e. The molecular formula is C65H68N2. The van der Waals surface area contributed by atoms with Crippen LogP contribution in [0.2, 0.25) is 0 Å². The van der Waals surface area contributed by atoms with E-state index < -0.39 is 0 Å². The summed E-state index contributed by atoms with van der Waals surface area (Å²) in [5.74, 6) is 0.0966. The van der Waals surface area contributed by atoms with Crippen molar-refractivity contribution in [3.05, 3.63) is 254 Å². The van der Waals surface area contributed by atoms with Crippen LogP contribution < -0.4 is 20.2 Å². The largest absolute Gasteiger partial charge is 0.333 e. The fourth-order valence-electron chi connectivity index (χ4n) is 10.4.